The minimum atomic E-state index is 0.0684. The Hall–Kier alpha value is -1.67. The van der Waals surface area contributed by atoms with Gasteiger partial charge in [-0.25, -0.2) is 0 Å². The van der Waals surface area contributed by atoms with Crippen LogP contribution in [0.4, 0.5) is 0 Å². The molecule has 2 N–H and O–H groups in total. The molecule has 19 heavy (non-hydrogen) atoms. The number of aromatic nitrogens is 3. The summed E-state index contributed by atoms with van der Waals surface area (Å²) in [4.78, 5) is 0. The lowest BCUT2D eigenvalue weighted by atomic mass is 10.2. The summed E-state index contributed by atoms with van der Waals surface area (Å²) in [6.07, 6.45) is 3.07. The molecule has 100 valence electrons. The molecule has 2 aromatic rings. The molecule has 0 spiro atoms. The fourth-order valence-corrected chi connectivity index (χ4v) is 1.99. The Bertz CT molecular complexity index is 665. The molecule has 0 bridgehead atoms. The average Bonchev–Trinajstić information content (AvgIpc) is 2.78. The van der Waals surface area contributed by atoms with Gasteiger partial charge in [0.05, 0.1) is 17.3 Å². The number of ether oxygens (including phenoxy) is 1. The summed E-state index contributed by atoms with van der Waals surface area (Å²) in [5.41, 5.74) is 0.760. The van der Waals surface area contributed by atoms with Gasteiger partial charge in [0.1, 0.15) is 6.33 Å². The molecule has 0 saturated heterocycles. The van der Waals surface area contributed by atoms with Gasteiger partial charge in [-0.1, -0.05) is 0 Å². The van der Waals surface area contributed by atoms with E-state index in [9.17, 15) is 5.11 Å². The number of hydrogen-bond acceptors (Lipinski definition) is 5. The van der Waals surface area contributed by atoms with E-state index in [0.717, 1.165) is 5.56 Å². The average molecular weight is 343 g/mol. The van der Waals surface area contributed by atoms with Gasteiger partial charge in [0.15, 0.2) is 11.5 Å². The minimum Gasteiger partial charge on any atom is -0.503 e. The third-order valence-corrected chi connectivity index (χ3v) is 3.10. The highest BCUT2D eigenvalue weighted by molar-refractivity contribution is 9.10. The van der Waals surface area contributed by atoms with Crippen LogP contribution in [0, 0.1) is 4.77 Å². The molecular weight excluding hydrogens is 332 g/mol. The predicted molar refractivity (Wildman–Crippen MR) is 77.4 cm³/mol. The number of aromatic hydroxyl groups is 1. The van der Waals surface area contributed by atoms with Crippen molar-refractivity contribution in [3.8, 4) is 11.5 Å². The molecule has 1 aromatic heterocycles. The van der Waals surface area contributed by atoms with Gasteiger partial charge < -0.3 is 9.84 Å². The second-order valence-corrected chi connectivity index (χ2v) is 4.77. The number of nitrogens with zero attached hydrogens (tertiary/aromatic N) is 3. The van der Waals surface area contributed by atoms with Gasteiger partial charge in [0.2, 0.25) is 4.77 Å². The summed E-state index contributed by atoms with van der Waals surface area (Å²) in [6, 6.07) is 3.42. The minimum absolute atomic E-state index is 0.0684. The van der Waals surface area contributed by atoms with Crippen molar-refractivity contribution in [3.05, 3.63) is 33.3 Å². The van der Waals surface area contributed by atoms with Crippen LogP contribution < -0.4 is 4.74 Å². The van der Waals surface area contributed by atoms with Crippen molar-refractivity contribution in [3.63, 3.8) is 0 Å². The first kappa shape index (κ1) is 13.8. The number of rotatable bonds is 4. The highest BCUT2D eigenvalue weighted by Gasteiger charge is 2.08. The maximum atomic E-state index is 9.80. The van der Waals surface area contributed by atoms with Crippen LogP contribution in [0.2, 0.25) is 0 Å². The highest BCUT2D eigenvalue weighted by atomic mass is 79.9. The normalized spacial score (nSPS) is 11.1. The number of nitrogens with one attached hydrogen (secondary N) is 1. The molecule has 6 nitrogen and oxygen atoms in total. The Labute approximate surface area is 122 Å². The summed E-state index contributed by atoms with van der Waals surface area (Å²) >= 11 is 8.23. The van der Waals surface area contributed by atoms with Gasteiger partial charge in [0.25, 0.3) is 0 Å². The largest absolute Gasteiger partial charge is 0.503 e. The van der Waals surface area contributed by atoms with Crippen molar-refractivity contribution in [2.45, 2.75) is 6.92 Å². The number of aromatic amines is 1. The molecule has 0 aliphatic heterocycles. The van der Waals surface area contributed by atoms with Crippen molar-refractivity contribution >= 4 is 34.4 Å². The predicted octanol–water partition coefficient (Wildman–Crippen LogP) is 2.69. The number of phenols is 1. The quantitative estimate of drug-likeness (QED) is 0.661. The third-order valence-electron chi connectivity index (χ3n) is 2.22. The van der Waals surface area contributed by atoms with E-state index < -0.39 is 0 Å². The third kappa shape index (κ3) is 3.21. The molecule has 0 atom stereocenters. The van der Waals surface area contributed by atoms with E-state index in [1.165, 1.54) is 11.0 Å². The summed E-state index contributed by atoms with van der Waals surface area (Å²) < 4.78 is 7.70. The molecule has 1 aromatic carbocycles. The van der Waals surface area contributed by atoms with Crippen molar-refractivity contribution in [2.75, 3.05) is 6.61 Å². The zero-order chi connectivity index (χ0) is 13.8. The Morgan fingerprint density at radius 3 is 3.05 bits per heavy atom. The van der Waals surface area contributed by atoms with Crippen LogP contribution in [0.15, 0.2) is 28.0 Å². The van der Waals surface area contributed by atoms with Gasteiger partial charge in [-0.3, -0.25) is 5.10 Å². The molecule has 8 heteroatoms. The molecule has 1 heterocycles. The number of phenolic OH excluding ortho intramolecular Hbond substituents is 1. The fraction of sp³-hybridized carbons (Fsp3) is 0.182. The van der Waals surface area contributed by atoms with Gasteiger partial charge in [-0.15, -0.1) is 0 Å². The Balaban J connectivity index is 2.33. The molecule has 0 aliphatic rings. The van der Waals surface area contributed by atoms with Gasteiger partial charge >= 0.3 is 0 Å². The first-order valence-corrected chi connectivity index (χ1v) is 6.63. The SMILES string of the molecule is CCOc1cc(/C=N/n2cn[nH]c2=S)cc(Br)c1O. The number of H-pyrrole nitrogens is 1. The highest BCUT2D eigenvalue weighted by Crippen LogP contribution is 2.35. The lowest BCUT2D eigenvalue weighted by molar-refractivity contribution is 0.317. The van der Waals surface area contributed by atoms with E-state index in [2.05, 4.69) is 31.2 Å². The molecule has 0 saturated carbocycles. The zero-order valence-corrected chi connectivity index (χ0v) is 12.4. The van der Waals surface area contributed by atoms with Crippen LogP contribution in [-0.2, 0) is 0 Å². The fourth-order valence-electron chi connectivity index (χ4n) is 1.39. The molecule has 0 radical (unpaired) electrons. The van der Waals surface area contributed by atoms with Crippen molar-refractivity contribution < 1.29 is 9.84 Å². The number of halogens is 1. The monoisotopic (exact) mass is 342 g/mol. The van der Waals surface area contributed by atoms with E-state index in [1.54, 1.807) is 18.3 Å². The Morgan fingerprint density at radius 1 is 1.63 bits per heavy atom. The molecule has 0 unspecified atom stereocenters. The number of benzene rings is 1. The summed E-state index contributed by atoms with van der Waals surface area (Å²) in [5.74, 6) is 0.466. The van der Waals surface area contributed by atoms with Crippen LogP contribution in [0.1, 0.15) is 12.5 Å². The molecule has 0 aliphatic carbocycles. The Morgan fingerprint density at radius 2 is 2.42 bits per heavy atom. The summed E-state index contributed by atoms with van der Waals surface area (Å²) in [5, 5.41) is 20.3. The maximum absolute atomic E-state index is 9.80. The maximum Gasteiger partial charge on any atom is 0.216 e. The zero-order valence-electron chi connectivity index (χ0n) is 10.00. The van der Waals surface area contributed by atoms with Crippen LogP contribution in [0.5, 0.6) is 11.5 Å². The molecule has 2 rings (SSSR count). The van der Waals surface area contributed by atoms with E-state index >= 15 is 0 Å². The molecule has 0 fully saturated rings. The van der Waals surface area contributed by atoms with E-state index in [4.69, 9.17) is 17.0 Å². The number of hydrogen-bond donors (Lipinski definition) is 2. The van der Waals surface area contributed by atoms with Crippen LogP contribution >= 0.6 is 28.1 Å². The first-order valence-electron chi connectivity index (χ1n) is 5.43. The lowest BCUT2D eigenvalue weighted by Crippen LogP contribution is -1.95. The first-order chi connectivity index (χ1) is 9.11. The van der Waals surface area contributed by atoms with Gasteiger partial charge in [-0.05, 0) is 52.8 Å². The standard InChI is InChI=1S/C11H11BrN4O2S/c1-2-18-9-4-7(3-8(12)10(9)17)5-14-16-6-13-15-11(16)19/h3-6,17H,2H2,1H3,(H,15,19)/b14-5+. The van der Waals surface area contributed by atoms with E-state index in [1.807, 2.05) is 6.92 Å². The van der Waals surface area contributed by atoms with E-state index in [-0.39, 0.29) is 5.75 Å². The van der Waals surface area contributed by atoms with Crippen LogP contribution in [0.25, 0.3) is 0 Å². The van der Waals surface area contributed by atoms with Crippen molar-refractivity contribution in [2.24, 2.45) is 5.10 Å². The topological polar surface area (TPSA) is 75.4 Å². The molecular formula is C11H11BrN4O2S. The smallest absolute Gasteiger partial charge is 0.216 e. The van der Waals surface area contributed by atoms with E-state index in [0.29, 0.717) is 21.6 Å². The second kappa shape index (κ2) is 5.98. The summed E-state index contributed by atoms with van der Waals surface area (Å²) in [7, 11) is 0. The van der Waals surface area contributed by atoms with Crippen molar-refractivity contribution in [1.82, 2.24) is 14.9 Å². The summed E-state index contributed by atoms with van der Waals surface area (Å²) in [6.45, 7) is 2.31. The van der Waals surface area contributed by atoms with Crippen LogP contribution in [0.3, 0.4) is 0 Å². The van der Waals surface area contributed by atoms with Crippen LogP contribution in [-0.4, -0.2) is 32.8 Å². The second-order valence-electron chi connectivity index (χ2n) is 3.53. The van der Waals surface area contributed by atoms with Gasteiger partial charge in [-0.2, -0.15) is 14.9 Å². The van der Waals surface area contributed by atoms with Crippen molar-refractivity contribution in [1.29, 1.82) is 0 Å². The Kier molecular flexibility index (Phi) is 4.33. The molecule has 0 amide bonds. The van der Waals surface area contributed by atoms with Gasteiger partial charge in [0, 0.05) is 0 Å². The lowest BCUT2D eigenvalue weighted by Gasteiger charge is -2.08.